The van der Waals surface area contributed by atoms with Crippen LogP contribution in [0, 0.1) is 6.92 Å². The number of benzene rings is 1. The molecule has 0 aromatic heterocycles. The Morgan fingerprint density at radius 1 is 1.46 bits per heavy atom. The topological polar surface area (TPSA) is 37.3 Å². The molecule has 1 aromatic carbocycles. The number of aromatic hydroxyl groups is 1. The lowest BCUT2D eigenvalue weighted by Crippen LogP contribution is -1.93. The van der Waals surface area contributed by atoms with Crippen molar-refractivity contribution in [1.29, 1.82) is 0 Å². The van der Waals surface area contributed by atoms with Gasteiger partial charge in [-0.3, -0.25) is 0 Å². The van der Waals surface area contributed by atoms with Gasteiger partial charge >= 0.3 is 0 Å². The first kappa shape index (κ1) is 9.78. The van der Waals surface area contributed by atoms with Crippen LogP contribution in [0.2, 0.25) is 0 Å². The third-order valence-electron chi connectivity index (χ3n) is 2.04. The molecule has 1 N–H and O–H groups in total. The summed E-state index contributed by atoms with van der Waals surface area (Å²) in [6.45, 7) is 3.43. The van der Waals surface area contributed by atoms with Crippen LogP contribution in [0.3, 0.4) is 0 Å². The first-order valence-electron chi connectivity index (χ1n) is 4.37. The monoisotopic (exact) mass is 178 g/mol. The number of phenols is 1. The van der Waals surface area contributed by atoms with E-state index < -0.39 is 0 Å². The molecule has 13 heavy (non-hydrogen) atoms. The third-order valence-corrected chi connectivity index (χ3v) is 2.04. The standard InChI is InChI=1S/C11H14O2/c1-8-3-5-10(7-11(8)13)6-4-9(2)12/h3,5,7,13H,4,6H2,1-2H3. The lowest BCUT2D eigenvalue weighted by molar-refractivity contribution is -0.116. The van der Waals surface area contributed by atoms with Gasteiger partial charge < -0.3 is 9.90 Å². The highest BCUT2D eigenvalue weighted by atomic mass is 16.3. The highest BCUT2D eigenvalue weighted by Gasteiger charge is 1.99. The summed E-state index contributed by atoms with van der Waals surface area (Å²) in [7, 11) is 0. The Bertz CT molecular complexity index is 316. The number of carbonyl (C=O) groups is 1. The molecule has 0 radical (unpaired) electrons. The minimum absolute atomic E-state index is 0.181. The summed E-state index contributed by atoms with van der Waals surface area (Å²) < 4.78 is 0. The molecule has 1 aromatic rings. The van der Waals surface area contributed by atoms with Gasteiger partial charge in [-0.25, -0.2) is 0 Å². The van der Waals surface area contributed by atoms with Crippen LogP contribution in [0.1, 0.15) is 24.5 Å². The molecule has 0 spiro atoms. The van der Waals surface area contributed by atoms with Crippen LogP contribution in [0.4, 0.5) is 0 Å². The van der Waals surface area contributed by atoms with E-state index in [2.05, 4.69) is 0 Å². The molecular formula is C11H14O2. The molecule has 1 rings (SSSR count). The molecule has 0 amide bonds. The van der Waals surface area contributed by atoms with Gasteiger partial charge in [-0.05, 0) is 37.5 Å². The first-order chi connectivity index (χ1) is 6.09. The van der Waals surface area contributed by atoms with Crippen LogP contribution in [-0.2, 0) is 11.2 Å². The van der Waals surface area contributed by atoms with Crippen molar-refractivity contribution in [3.05, 3.63) is 29.3 Å². The molecule has 0 bridgehead atoms. The maximum atomic E-state index is 10.7. The van der Waals surface area contributed by atoms with E-state index in [1.807, 2.05) is 19.1 Å². The SMILES string of the molecule is CC(=O)CCc1ccc(C)c(O)c1. The van der Waals surface area contributed by atoms with Crippen LogP contribution in [0.25, 0.3) is 0 Å². The largest absolute Gasteiger partial charge is 0.508 e. The van der Waals surface area contributed by atoms with Gasteiger partial charge in [-0.15, -0.1) is 0 Å². The van der Waals surface area contributed by atoms with Gasteiger partial charge in [0.2, 0.25) is 0 Å². The van der Waals surface area contributed by atoms with Gasteiger partial charge in [-0.2, -0.15) is 0 Å². The van der Waals surface area contributed by atoms with Crippen LogP contribution < -0.4 is 0 Å². The summed E-state index contributed by atoms with van der Waals surface area (Å²) in [5, 5.41) is 9.38. The molecule has 0 fully saturated rings. The number of ketones is 1. The number of carbonyl (C=O) groups excluding carboxylic acids is 1. The number of hydrogen-bond acceptors (Lipinski definition) is 2. The van der Waals surface area contributed by atoms with E-state index in [0.717, 1.165) is 11.1 Å². The van der Waals surface area contributed by atoms with Crippen molar-refractivity contribution in [2.24, 2.45) is 0 Å². The predicted octanol–water partition coefficient (Wildman–Crippen LogP) is 2.22. The number of Topliss-reactive ketones (excluding diaryl/α,β-unsaturated/α-hetero) is 1. The van der Waals surface area contributed by atoms with Crippen molar-refractivity contribution >= 4 is 5.78 Å². The maximum Gasteiger partial charge on any atom is 0.130 e. The molecule has 2 heteroatoms. The first-order valence-corrected chi connectivity index (χ1v) is 4.37. The summed E-state index contributed by atoms with van der Waals surface area (Å²) in [4.78, 5) is 10.7. The Balaban J connectivity index is 2.68. The molecule has 70 valence electrons. The molecule has 0 unspecified atom stereocenters. The van der Waals surface area contributed by atoms with E-state index in [1.54, 1.807) is 13.0 Å². The normalized spacial score (nSPS) is 10.0. The van der Waals surface area contributed by atoms with Crippen molar-refractivity contribution in [1.82, 2.24) is 0 Å². The van der Waals surface area contributed by atoms with E-state index in [1.165, 1.54) is 0 Å². The van der Waals surface area contributed by atoms with E-state index in [9.17, 15) is 9.90 Å². The van der Waals surface area contributed by atoms with Gasteiger partial charge in [0.25, 0.3) is 0 Å². The number of phenolic OH excluding ortho intramolecular Hbond substituents is 1. The van der Waals surface area contributed by atoms with Gasteiger partial charge in [0.1, 0.15) is 11.5 Å². The van der Waals surface area contributed by atoms with Crippen molar-refractivity contribution < 1.29 is 9.90 Å². The van der Waals surface area contributed by atoms with Crippen molar-refractivity contribution in [2.45, 2.75) is 26.7 Å². The minimum atomic E-state index is 0.181. The zero-order valence-electron chi connectivity index (χ0n) is 8.00. The second-order valence-electron chi connectivity index (χ2n) is 3.32. The second-order valence-corrected chi connectivity index (χ2v) is 3.32. The fourth-order valence-corrected chi connectivity index (χ4v) is 1.13. The van der Waals surface area contributed by atoms with Gasteiger partial charge in [0, 0.05) is 6.42 Å². The Kier molecular flexibility index (Phi) is 3.07. The highest BCUT2D eigenvalue weighted by molar-refractivity contribution is 5.75. The Morgan fingerprint density at radius 2 is 2.15 bits per heavy atom. The summed E-state index contributed by atoms with van der Waals surface area (Å²) in [5.74, 6) is 0.487. The third kappa shape index (κ3) is 2.90. The lowest BCUT2D eigenvalue weighted by Gasteiger charge is -2.02. The quantitative estimate of drug-likeness (QED) is 0.770. The van der Waals surface area contributed by atoms with Gasteiger partial charge in [0.15, 0.2) is 0 Å². The molecule has 0 saturated carbocycles. The van der Waals surface area contributed by atoms with Gasteiger partial charge in [0.05, 0.1) is 0 Å². The molecule has 2 nitrogen and oxygen atoms in total. The molecule has 0 heterocycles. The van der Waals surface area contributed by atoms with Crippen LogP contribution in [-0.4, -0.2) is 10.9 Å². The van der Waals surface area contributed by atoms with Gasteiger partial charge in [-0.1, -0.05) is 12.1 Å². The van der Waals surface area contributed by atoms with E-state index >= 15 is 0 Å². The maximum absolute atomic E-state index is 10.7. The second kappa shape index (κ2) is 4.08. The minimum Gasteiger partial charge on any atom is -0.508 e. The Hall–Kier alpha value is -1.31. The zero-order chi connectivity index (χ0) is 9.84. The summed E-state index contributed by atoms with van der Waals surface area (Å²) in [6, 6.07) is 5.53. The fraction of sp³-hybridized carbons (Fsp3) is 0.364. The summed E-state index contributed by atoms with van der Waals surface area (Å²) in [6.07, 6.45) is 1.26. The smallest absolute Gasteiger partial charge is 0.130 e. The highest BCUT2D eigenvalue weighted by Crippen LogP contribution is 2.18. The van der Waals surface area contributed by atoms with Crippen LogP contribution in [0.5, 0.6) is 5.75 Å². The summed E-state index contributed by atoms with van der Waals surface area (Å²) >= 11 is 0. The molecule has 0 saturated heterocycles. The molecular weight excluding hydrogens is 164 g/mol. The molecule has 0 atom stereocenters. The average molecular weight is 178 g/mol. The van der Waals surface area contributed by atoms with Crippen LogP contribution >= 0.6 is 0 Å². The van der Waals surface area contributed by atoms with Crippen molar-refractivity contribution in [2.75, 3.05) is 0 Å². The molecule has 0 aliphatic heterocycles. The fourth-order valence-electron chi connectivity index (χ4n) is 1.13. The molecule has 0 aliphatic carbocycles. The Labute approximate surface area is 78.2 Å². The van der Waals surface area contributed by atoms with E-state index in [0.29, 0.717) is 18.6 Å². The lowest BCUT2D eigenvalue weighted by atomic mass is 10.1. The number of rotatable bonds is 3. The van der Waals surface area contributed by atoms with E-state index in [4.69, 9.17) is 0 Å². The Morgan fingerprint density at radius 3 is 2.69 bits per heavy atom. The van der Waals surface area contributed by atoms with Crippen LogP contribution in [0.15, 0.2) is 18.2 Å². The zero-order valence-corrected chi connectivity index (χ0v) is 8.00. The van der Waals surface area contributed by atoms with Crippen molar-refractivity contribution in [3.8, 4) is 5.75 Å². The van der Waals surface area contributed by atoms with Crippen molar-refractivity contribution in [3.63, 3.8) is 0 Å². The number of aryl methyl sites for hydroxylation is 2. The predicted molar refractivity (Wildman–Crippen MR) is 51.8 cm³/mol. The average Bonchev–Trinajstić information content (AvgIpc) is 2.07. The van der Waals surface area contributed by atoms with E-state index in [-0.39, 0.29) is 5.78 Å². The number of hydrogen-bond donors (Lipinski definition) is 1. The summed E-state index contributed by atoms with van der Waals surface area (Å²) in [5.41, 5.74) is 1.88. The molecule has 0 aliphatic rings.